The summed E-state index contributed by atoms with van der Waals surface area (Å²) in [6, 6.07) is 0.527. The van der Waals surface area contributed by atoms with Crippen LogP contribution in [0.3, 0.4) is 0 Å². The lowest BCUT2D eigenvalue weighted by atomic mass is 9.56. The largest absolute Gasteiger partial charge is 0.378 e. The summed E-state index contributed by atoms with van der Waals surface area (Å²) < 4.78 is 5.61. The number of methoxy groups -OCH3 is 1. The molecule has 4 heteroatoms. The molecule has 0 saturated heterocycles. The van der Waals surface area contributed by atoms with Crippen LogP contribution in [-0.2, 0) is 11.3 Å². The summed E-state index contributed by atoms with van der Waals surface area (Å²) in [5.74, 6) is 0. The van der Waals surface area contributed by atoms with Crippen LogP contribution in [0.15, 0.2) is 11.7 Å². The van der Waals surface area contributed by atoms with Gasteiger partial charge in [-0.15, -0.1) is 11.3 Å². The van der Waals surface area contributed by atoms with Crippen LogP contribution in [0.2, 0.25) is 0 Å². The second-order valence-electron chi connectivity index (χ2n) is 5.26. The SMILES string of the molecule is COC1(C)CC(NCc2cncs2)C1(C)C. The molecule has 1 aliphatic rings. The van der Waals surface area contributed by atoms with E-state index in [0.29, 0.717) is 6.04 Å². The zero-order valence-electron chi connectivity index (χ0n) is 10.4. The van der Waals surface area contributed by atoms with E-state index < -0.39 is 0 Å². The number of hydrogen-bond acceptors (Lipinski definition) is 4. The van der Waals surface area contributed by atoms with Gasteiger partial charge < -0.3 is 10.1 Å². The van der Waals surface area contributed by atoms with Crippen LogP contribution >= 0.6 is 11.3 Å². The summed E-state index contributed by atoms with van der Waals surface area (Å²) in [6.45, 7) is 7.64. The van der Waals surface area contributed by atoms with Crippen LogP contribution in [0, 0.1) is 5.41 Å². The van der Waals surface area contributed by atoms with E-state index in [2.05, 4.69) is 31.1 Å². The molecule has 3 nitrogen and oxygen atoms in total. The number of nitrogens with zero attached hydrogens (tertiary/aromatic N) is 1. The van der Waals surface area contributed by atoms with Crippen LogP contribution in [0.5, 0.6) is 0 Å². The van der Waals surface area contributed by atoms with E-state index in [1.54, 1.807) is 18.4 Å². The van der Waals surface area contributed by atoms with E-state index in [-0.39, 0.29) is 11.0 Å². The third kappa shape index (κ3) is 1.79. The molecule has 1 aromatic rings. The number of nitrogens with one attached hydrogen (secondary N) is 1. The van der Waals surface area contributed by atoms with Crippen molar-refractivity contribution < 1.29 is 4.74 Å². The maximum Gasteiger partial charge on any atom is 0.0794 e. The van der Waals surface area contributed by atoms with Crippen LogP contribution in [-0.4, -0.2) is 23.7 Å². The molecule has 2 unspecified atom stereocenters. The first-order chi connectivity index (χ1) is 7.49. The lowest BCUT2D eigenvalue weighted by Gasteiger charge is -2.59. The Morgan fingerprint density at radius 1 is 1.56 bits per heavy atom. The quantitative estimate of drug-likeness (QED) is 0.877. The molecule has 0 radical (unpaired) electrons. The highest BCUT2D eigenvalue weighted by Crippen LogP contribution is 2.51. The average molecular weight is 240 g/mol. The first kappa shape index (κ1) is 12.0. The van der Waals surface area contributed by atoms with Crippen molar-refractivity contribution in [3.05, 3.63) is 16.6 Å². The maximum atomic E-state index is 5.61. The molecule has 90 valence electrons. The predicted octanol–water partition coefficient (Wildman–Crippen LogP) is 2.44. The third-order valence-corrected chi connectivity index (χ3v) is 5.06. The smallest absolute Gasteiger partial charge is 0.0794 e. The Labute approximate surface area is 101 Å². The number of hydrogen-bond donors (Lipinski definition) is 1. The molecule has 16 heavy (non-hydrogen) atoms. The van der Waals surface area contributed by atoms with Crippen LogP contribution in [0.25, 0.3) is 0 Å². The van der Waals surface area contributed by atoms with Crippen molar-refractivity contribution in [2.45, 2.75) is 45.4 Å². The molecule has 1 aromatic heterocycles. The fourth-order valence-corrected chi connectivity index (χ4v) is 2.92. The van der Waals surface area contributed by atoms with Crippen molar-refractivity contribution in [3.8, 4) is 0 Å². The molecule has 1 aliphatic carbocycles. The highest BCUT2D eigenvalue weighted by atomic mass is 32.1. The normalized spacial score (nSPS) is 32.4. The summed E-state index contributed by atoms with van der Waals surface area (Å²) in [7, 11) is 1.81. The molecule has 0 bridgehead atoms. The molecule has 2 rings (SSSR count). The van der Waals surface area contributed by atoms with E-state index >= 15 is 0 Å². The number of rotatable bonds is 4. The van der Waals surface area contributed by atoms with Crippen LogP contribution in [0.1, 0.15) is 32.1 Å². The summed E-state index contributed by atoms with van der Waals surface area (Å²) >= 11 is 1.70. The highest BCUT2D eigenvalue weighted by molar-refractivity contribution is 7.09. The minimum absolute atomic E-state index is 0.0123. The Morgan fingerprint density at radius 3 is 2.81 bits per heavy atom. The Bertz CT molecular complexity index is 350. The zero-order valence-corrected chi connectivity index (χ0v) is 11.2. The molecule has 1 saturated carbocycles. The van der Waals surface area contributed by atoms with E-state index in [9.17, 15) is 0 Å². The molecule has 0 aliphatic heterocycles. The standard InChI is InChI=1S/C12H20N2OS/c1-11(2)10(5-12(11,3)15-4)14-7-9-6-13-8-16-9/h6,8,10,14H,5,7H2,1-4H3. The molecule has 0 aromatic carbocycles. The second-order valence-corrected chi connectivity index (χ2v) is 6.23. The van der Waals surface area contributed by atoms with Crippen molar-refractivity contribution in [1.82, 2.24) is 10.3 Å². The molecular weight excluding hydrogens is 220 g/mol. The van der Waals surface area contributed by atoms with Gasteiger partial charge in [0.05, 0.1) is 11.1 Å². The Balaban J connectivity index is 1.90. The molecule has 0 amide bonds. The van der Waals surface area contributed by atoms with Gasteiger partial charge in [0, 0.05) is 36.2 Å². The summed E-state index contributed by atoms with van der Waals surface area (Å²) in [5, 5.41) is 3.59. The van der Waals surface area contributed by atoms with Gasteiger partial charge in [-0.05, 0) is 13.3 Å². The fraction of sp³-hybridized carbons (Fsp3) is 0.750. The van der Waals surface area contributed by atoms with Crippen molar-refractivity contribution in [2.24, 2.45) is 5.41 Å². The minimum atomic E-state index is 0.0123. The Kier molecular flexibility index (Phi) is 3.07. The lowest BCUT2D eigenvalue weighted by Crippen LogP contribution is -2.67. The minimum Gasteiger partial charge on any atom is -0.378 e. The van der Waals surface area contributed by atoms with Gasteiger partial charge in [0.25, 0.3) is 0 Å². The second kappa shape index (κ2) is 4.09. The summed E-state index contributed by atoms with van der Waals surface area (Å²) in [4.78, 5) is 5.37. The van der Waals surface area contributed by atoms with Gasteiger partial charge in [-0.1, -0.05) is 13.8 Å². The highest BCUT2D eigenvalue weighted by Gasteiger charge is 2.57. The van der Waals surface area contributed by atoms with Crippen LogP contribution < -0.4 is 5.32 Å². The monoisotopic (exact) mass is 240 g/mol. The number of thiazole rings is 1. The average Bonchev–Trinajstić information content (AvgIpc) is 2.76. The van der Waals surface area contributed by atoms with Crippen molar-refractivity contribution in [2.75, 3.05) is 7.11 Å². The Hall–Kier alpha value is -0.450. The number of aromatic nitrogens is 1. The van der Waals surface area contributed by atoms with Gasteiger partial charge in [0.2, 0.25) is 0 Å². The maximum absolute atomic E-state index is 5.61. The topological polar surface area (TPSA) is 34.1 Å². The van der Waals surface area contributed by atoms with Gasteiger partial charge in [-0.3, -0.25) is 4.98 Å². The molecule has 1 heterocycles. The number of ether oxygens (including phenoxy) is 1. The van der Waals surface area contributed by atoms with Gasteiger partial charge in [0.1, 0.15) is 0 Å². The predicted molar refractivity (Wildman–Crippen MR) is 66.6 cm³/mol. The van der Waals surface area contributed by atoms with E-state index in [0.717, 1.165) is 13.0 Å². The van der Waals surface area contributed by atoms with E-state index in [4.69, 9.17) is 4.74 Å². The van der Waals surface area contributed by atoms with Gasteiger partial charge in [0.15, 0.2) is 0 Å². The first-order valence-electron chi connectivity index (χ1n) is 5.65. The molecule has 1 fully saturated rings. The zero-order chi connectivity index (χ0) is 11.8. The molecule has 0 spiro atoms. The van der Waals surface area contributed by atoms with Gasteiger partial charge in [-0.2, -0.15) is 0 Å². The van der Waals surface area contributed by atoms with Crippen LogP contribution in [0.4, 0.5) is 0 Å². The molecule has 2 atom stereocenters. The van der Waals surface area contributed by atoms with Gasteiger partial charge >= 0.3 is 0 Å². The van der Waals surface area contributed by atoms with Crippen molar-refractivity contribution in [1.29, 1.82) is 0 Å². The fourth-order valence-electron chi connectivity index (χ4n) is 2.37. The van der Waals surface area contributed by atoms with E-state index in [1.165, 1.54) is 4.88 Å². The van der Waals surface area contributed by atoms with E-state index in [1.807, 2.05) is 11.7 Å². The summed E-state index contributed by atoms with van der Waals surface area (Å²) in [6.07, 6.45) is 3.01. The Morgan fingerprint density at radius 2 is 2.31 bits per heavy atom. The molecular formula is C12H20N2OS. The summed E-state index contributed by atoms with van der Waals surface area (Å²) in [5.41, 5.74) is 2.08. The first-order valence-corrected chi connectivity index (χ1v) is 6.53. The third-order valence-electron chi connectivity index (χ3n) is 4.28. The van der Waals surface area contributed by atoms with Crippen molar-refractivity contribution in [3.63, 3.8) is 0 Å². The molecule has 1 N–H and O–H groups in total. The van der Waals surface area contributed by atoms with Gasteiger partial charge in [-0.25, -0.2) is 0 Å². The van der Waals surface area contributed by atoms with Crippen molar-refractivity contribution >= 4 is 11.3 Å². The lowest BCUT2D eigenvalue weighted by molar-refractivity contribution is -0.180.